The van der Waals surface area contributed by atoms with Gasteiger partial charge in [-0.1, -0.05) is 12.1 Å². The van der Waals surface area contributed by atoms with Gasteiger partial charge >= 0.3 is 6.03 Å². The van der Waals surface area contributed by atoms with Gasteiger partial charge in [0.25, 0.3) is 0 Å². The molecule has 1 aliphatic heterocycles. The monoisotopic (exact) mass is 254 g/mol. The molecule has 5 nitrogen and oxygen atoms in total. The molecule has 1 fully saturated rings. The molecule has 98 valence electrons. The lowest BCUT2D eigenvalue weighted by atomic mass is 10.1. The van der Waals surface area contributed by atoms with E-state index >= 15 is 0 Å². The fourth-order valence-corrected chi connectivity index (χ4v) is 1.97. The van der Waals surface area contributed by atoms with Crippen LogP contribution in [0.5, 0.6) is 0 Å². The van der Waals surface area contributed by atoms with Gasteiger partial charge in [-0.05, 0) is 30.5 Å². The molecule has 2 rings (SSSR count). The molecule has 2 N–H and O–H groups in total. The quantitative estimate of drug-likeness (QED) is 0.627. The highest BCUT2D eigenvalue weighted by atomic mass is 19.1. The number of urea groups is 1. The molecule has 1 aromatic carbocycles. The van der Waals surface area contributed by atoms with E-state index in [1.165, 1.54) is 19.2 Å². The number of hydroxylamine groups is 2. The highest BCUT2D eigenvalue weighted by Crippen LogP contribution is 2.33. The number of nitrogens with zero attached hydrogens (tertiary/aromatic N) is 1. The summed E-state index contributed by atoms with van der Waals surface area (Å²) >= 11 is 0. The van der Waals surface area contributed by atoms with Crippen LogP contribution < -0.4 is 5.32 Å². The smallest absolute Gasteiger partial charge is 0.343 e. The maximum absolute atomic E-state index is 12.8. The molecule has 1 saturated heterocycles. The lowest BCUT2D eigenvalue weighted by molar-refractivity contribution is -0.172. The zero-order valence-electron chi connectivity index (χ0n) is 9.97. The van der Waals surface area contributed by atoms with Crippen molar-refractivity contribution in [2.24, 2.45) is 0 Å². The second-order valence-electron chi connectivity index (χ2n) is 4.11. The van der Waals surface area contributed by atoms with Gasteiger partial charge in [-0.3, -0.25) is 5.21 Å². The maximum atomic E-state index is 12.8. The Labute approximate surface area is 104 Å². The van der Waals surface area contributed by atoms with Crippen LogP contribution in [0.1, 0.15) is 24.5 Å². The first-order chi connectivity index (χ1) is 8.61. The lowest BCUT2D eigenvalue weighted by Crippen LogP contribution is -2.42. The van der Waals surface area contributed by atoms with Crippen molar-refractivity contribution in [1.29, 1.82) is 0 Å². The lowest BCUT2D eigenvalue weighted by Gasteiger charge is -2.21. The van der Waals surface area contributed by atoms with E-state index in [-0.39, 0.29) is 11.9 Å². The number of carbonyl (C=O) groups is 1. The van der Waals surface area contributed by atoms with E-state index in [0.29, 0.717) is 17.9 Å². The SMILES string of the molecule is CNC(=O)N(O)C1CCC(c2ccc(F)cc2)O1. The first kappa shape index (κ1) is 12.8. The molecule has 0 saturated carbocycles. The molecule has 0 aliphatic carbocycles. The van der Waals surface area contributed by atoms with E-state index in [0.717, 1.165) is 5.56 Å². The number of halogens is 1. The van der Waals surface area contributed by atoms with E-state index in [1.807, 2.05) is 0 Å². The molecule has 0 aromatic heterocycles. The van der Waals surface area contributed by atoms with Gasteiger partial charge in [0.1, 0.15) is 5.82 Å². The van der Waals surface area contributed by atoms with Crippen molar-refractivity contribution in [2.75, 3.05) is 7.05 Å². The fraction of sp³-hybridized carbons (Fsp3) is 0.417. The predicted octanol–water partition coefficient (Wildman–Crippen LogP) is 2.03. The van der Waals surface area contributed by atoms with Crippen LogP contribution in [0.25, 0.3) is 0 Å². The zero-order chi connectivity index (χ0) is 13.1. The molecule has 0 bridgehead atoms. The van der Waals surface area contributed by atoms with Crippen molar-refractivity contribution in [3.63, 3.8) is 0 Å². The third kappa shape index (κ3) is 2.60. The van der Waals surface area contributed by atoms with Crippen LogP contribution in [0.4, 0.5) is 9.18 Å². The summed E-state index contributed by atoms with van der Waals surface area (Å²) in [6.45, 7) is 0. The number of nitrogens with one attached hydrogen (secondary N) is 1. The third-order valence-corrected chi connectivity index (χ3v) is 2.93. The molecule has 6 heteroatoms. The number of ether oxygens (including phenoxy) is 1. The van der Waals surface area contributed by atoms with Crippen LogP contribution in [0.2, 0.25) is 0 Å². The summed E-state index contributed by atoms with van der Waals surface area (Å²) in [5.41, 5.74) is 0.837. The summed E-state index contributed by atoms with van der Waals surface area (Å²) in [5, 5.41) is 12.4. The second-order valence-corrected chi connectivity index (χ2v) is 4.11. The fourth-order valence-electron chi connectivity index (χ4n) is 1.97. The first-order valence-electron chi connectivity index (χ1n) is 5.72. The molecule has 0 spiro atoms. The van der Waals surface area contributed by atoms with Crippen molar-refractivity contribution in [1.82, 2.24) is 10.4 Å². The van der Waals surface area contributed by atoms with Crippen molar-refractivity contribution in [2.45, 2.75) is 25.2 Å². The molecular weight excluding hydrogens is 239 g/mol. The number of amides is 2. The normalized spacial score (nSPS) is 22.8. The van der Waals surface area contributed by atoms with Crippen LogP contribution in [0, 0.1) is 5.82 Å². The van der Waals surface area contributed by atoms with Gasteiger partial charge in [0, 0.05) is 7.05 Å². The largest absolute Gasteiger partial charge is 0.348 e. The Hall–Kier alpha value is -1.66. The highest BCUT2D eigenvalue weighted by molar-refractivity contribution is 5.72. The van der Waals surface area contributed by atoms with Gasteiger partial charge in [-0.25, -0.2) is 9.18 Å². The van der Waals surface area contributed by atoms with Gasteiger partial charge < -0.3 is 10.1 Å². The van der Waals surface area contributed by atoms with Crippen molar-refractivity contribution < 1.29 is 19.1 Å². The predicted molar refractivity (Wildman–Crippen MR) is 61.3 cm³/mol. The van der Waals surface area contributed by atoms with Crippen LogP contribution >= 0.6 is 0 Å². The van der Waals surface area contributed by atoms with Crippen LogP contribution in [-0.4, -0.2) is 29.6 Å². The number of hydrogen-bond donors (Lipinski definition) is 2. The molecule has 2 unspecified atom stereocenters. The molecule has 2 amide bonds. The molecule has 18 heavy (non-hydrogen) atoms. The molecule has 0 radical (unpaired) electrons. The van der Waals surface area contributed by atoms with E-state index in [1.54, 1.807) is 12.1 Å². The summed E-state index contributed by atoms with van der Waals surface area (Å²) < 4.78 is 18.4. The number of carbonyl (C=O) groups excluding carboxylic acids is 1. The highest BCUT2D eigenvalue weighted by Gasteiger charge is 2.32. The summed E-state index contributed by atoms with van der Waals surface area (Å²) in [4.78, 5) is 11.2. The Morgan fingerprint density at radius 1 is 1.44 bits per heavy atom. The topological polar surface area (TPSA) is 61.8 Å². The summed E-state index contributed by atoms with van der Waals surface area (Å²) in [6, 6.07) is 5.40. The van der Waals surface area contributed by atoms with Gasteiger partial charge in [0.05, 0.1) is 6.10 Å². The maximum Gasteiger partial charge on any atom is 0.343 e. The molecule has 1 aromatic rings. The van der Waals surface area contributed by atoms with Crippen molar-refractivity contribution in [3.8, 4) is 0 Å². The number of rotatable bonds is 2. The van der Waals surface area contributed by atoms with Crippen LogP contribution in [0.3, 0.4) is 0 Å². The Kier molecular flexibility index (Phi) is 3.78. The molecule has 1 heterocycles. The number of benzene rings is 1. The minimum Gasteiger partial charge on any atom is -0.348 e. The van der Waals surface area contributed by atoms with Gasteiger partial charge in [-0.2, -0.15) is 5.06 Å². The molecule has 1 aliphatic rings. The Morgan fingerprint density at radius 2 is 2.11 bits per heavy atom. The second kappa shape index (κ2) is 5.32. The average molecular weight is 254 g/mol. The Balaban J connectivity index is 2.00. The Bertz CT molecular complexity index is 424. The number of hydrogen-bond acceptors (Lipinski definition) is 3. The Morgan fingerprint density at radius 3 is 2.72 bits per heavy atom. The molecule has 2 atom stereocenters. The van der Waals surface area contributed by atoms with E-state index < -0.39 is 12.3 Å². The van der Waals surface area contributed by atoms with Gasteiger partial charge in [-0.15, -0.1) is 0 Å². The minimum absolute atomic E-state index is 0.227. The van der Waals surface area contributed by atoms with Crippen LogP contribution in [0.15, 0.2) is 24.3 Å². The summed E-state index contributed by atoms with van der Waals surface area (Å²) in [7, 11) is 1.43. The van der Waals surface area contributed by atoms with E-state index in [4.69, 9.17) is 4.74 Å². The van der Waals surface area contributed by atoms with E-state index in [9.17, 15) is 14.4 Å². The minimum atomic E-state index is -0.667. The summed E-state index contributed by atoms with van der Waals surface area (Å²) in [5.74, 6) is -0.303. The average Bonchev–Trinajstić information content (AvgIpc) is 2.87. The third-order valence-electron chi connectivity index (χ3n) is 2.93. The van der Waals surface area contributed by atoms with Gasteiger partial charge in [0.2, 0.25) is 0 Å². The molecular formula is C12H15FN2O3. The zero-order valence-corrected chi connectivity index (χ0v) is 9.97. The first-order valence-corrected chi connectivity index (χ1v) is 5.72. The summed E-state index contributed by atoms with van der Waals surface area (Å²) in [6.07, 6.45) is 0.311. The van der Waals surface area contributed by atoms with E-state index in [2.05, 4.69) is 5.32 Å². The van der Waals surface area contributed by atoms with Crippen LogP contribution in [-0.2, 0) is 4.74 Å². The van der Waals surface area contributed by atoms with Crippen molar-refractivity contribution >= 4 is 6.03 Å². The van der Waals surface area contributed by atoms with Gasteiger partial charge in [0.15, 0.2) is 6.23 Å². The van der Waals surface area contributed by atoms with Crippen molar-refractivity contribution in [3.05, 3.63) is 35.6 Å². The standard InChI is InChI=1S/C12H15FN2O3/c1-14-12(16)15(17)11-7-6-10(18-11)8-2-4-9(13)5-3-8/h2-5,10-11,17H,6-7H2,1H3,(H,14,16).